The van der Waals surface area contributed by atoms with Crippen LogP contribution in [0.25, 0.3) is 0 Å². The van der Waals surface area contributed by atoms with Gasteiger partial charge in [0.2, 0.25) is 0 Å². The summed E-state index contributed by atoms with van der Waals surface area (Å²) < 4.78 is 0. The van der Waals surface area contributed by atoms with Gasteiger partial charge in [-0.25, -0.2) is 0 Å². The van der Waals surface area contributed by atoms with E-state index in [0.717, 1.165) is 6.54 Å². The number of nitrogens with zero attached hydrogens (tertiary/aromatic N) is 1. The third-order valence-electron chi connectivity index (χ3n) is 3.97. The minimum Gasteiger partial charge on any atom is -0.481 e. The monoisotopic (exact) mass is 229 g/mol. The fourth-order valence-corrected chi connectivity index (χ4v) is 2.15. The van der Waals surface area contributed by atoms with E-state index in [-0.39, 0.29) is 17.9 Å². The minimum absolute atomic E-state index is 0.0164. The first-order valence-electron chi connectivity index (χ1n) is 5.95. The normalized spacial score (nSPS) is 30.6. The molecule has 0 radical (unpaired) electrons. The van der Waals surface area contributed by atoms with Gasteiger partial charge in [-0.15, -0.1) is 0 Å². The van der Waals surface area contributed by atoms with Gasteiger partial charge >= 0.3 is 5.97 Å². The zero-order valence-electron chi connectivity index (χ0n) is 10.6. The molecule has 1 aliphatic rings. The molecule has 94 valence electrons. The van der Waals surface area contributed by atoms with Crippen molar-refractivity contribution in [3.63, 3.8) is 0 Å². The number of aliphatic hydroxyl groups is 1. The molecule has 0 bridgehead atoms. The average Bonchev–Trinajstić information content (AvgIpc) is 2.47. The van der Waals surface area contributed by atoms with Crippen molar-refractivity contribution in [3.8, 4) is 0 Å². The molecule has 1 rings (SSSR count). The lowest BCUT2D eigenvalue weighted by atomic mass is 9.91. The van der Waals surface area contributed by atoms with Gasteiger partial charge in [0.05, 0.1) is 11.5 Å². The summed E-state index contributed by atoms with van der Waals surface area (Å²) in [6, 6.07) is 0.0164. The Kier molecular flexibility index (Phi) is 3.97. The Bertz CT molecular complexity index is 263. The summed E-state index contributed by atoms with van der Waals surface area (Å²) in [5.41, 5.74) is -0.748. The van der Waals surface area contributed by atoms with Gasteiger partial charge in [-0.3, -0.25) is 9.69 Å². The van der Waals surface area contributed by atoms with Crippen LogP contribution in [0.15, 0.2) is 0 Å². The van der Waals surface area contributed by atoms with E-state index in [2.05, 4.69) is 4.90 Å². The lowest BCUT2D eigenvalue weighted by Gasteiger charge is -2.34. The summed E-state index contributed by atoms with van der Waals surface area (Å²) in [7, 11) is 0. The van der Waals surface area contributed by atoms with E-state index in [9.17, 15) is 9.90 Å². The van der Waals surface area contributed by atoms with Crippen molar-refractivity contribution >= 4 is 5.97 Å². The van der Waals surface area contributed by atoms with Crippen molar-refractivity contribution in [2.75, 3.05) is 13.1 Å². The van der Waals surface area contributed by atoms with E-state index in [1.165, 1.54) is 0 Å². The summed E-state index contributed by atoms with van der Waals surface area (Å²) in [6.45, 7) is 9.03. The molecule has 0 spiro atoms. The van der Waals surface area contributed by atoms with E-state index < -0.39 is 11.6 Å². The van der Waals surface area contributed by atoms with Crippen LogP contribution in [-0.4, -0.2) is 45.8 Å². The summed E-state index contributed by atoms with van der Waals surface area (Å²) in [4.78, 5) is 13.0. The van der Waals surface area contributed by atoms with Crippen LogP contribution in [0.3, 0.4) is 0 Å². The number of carboxylic acid groups (broad SMARTS) is 1. The van der Waals surface area contributed by atoms with Crippen LogP contribution in [0.5, 0.6) is 0 Å². The molecule has 0 aromatic heterocycles. The zero-order valence-corrected chi connectivity index (χ0v) is 10.6. The lowest BCUT2D eigenvalue weighted by Crippen LogP contribution is -2.46. The van der Waals surface area contributed by atoms with Gasteiger partial charge in [-0.05, 0) is 32.7 Å². The van der Waals surface area contributed by atoms with Gasteiger partial charge in [0.25, 0.3) is 0 Å². The van der Waals surface area contributed by atoms with E-state index in [1.54, 1.807) is 0 Å². The van der Waals surface area contributed by atoms with Crippen molar-refractivity contribution in [3.05, 3.63) is 0 Å². The second kappa shape index (κ2) is 4.72. The molecule has 1 fully saturated rings. The molecule has 0 aromatic rings. The van der Waals surface area contributed by atoms with E-state index >= 15 is 0 Å². The maximum atomic E-state index is 11.0. The number of aliphatic carboxylic acids is 1. The van der Waals surface area contributed by atoms with Crippen LogP contribution in [0.4, 0.5) is 0 Å². The van der Waals surface area contributed by atoms with Gasteiger partial charge in [-0.1, -0.05) is 13.8 Å². The average molecular weight is 229 g/mol. The van der Waals surface area contributed by atoms with Gasteiger partial charge in [0, 0.05) is 12.6 Å². The molecular formula is C12H23NO3. The SMILES string of the molecule is CC1C(C(=O)O)CCN1CC(C)(O)C(C)C. The molecule has 1 saturated heterocycles. The number of rotatable bonds is 4. The van der Waals surface area contributed by atoms with Crippen LogP contribution < -0.4 is 0 Å². The third-order valence-corrected chi connectivity index (χ3v) is 3.97. The quantitative estimate of drug-likeness (QED) is 0.760. The second-order valence-electron chi connectivity index (χ2n) is 5.46. The highest BCUT2D eigenvalue weighted by Crippen LogP contribution is 2.28. The van der Waals surface area contributed by atoms with Crippen molar-refractivity contribution < 1.29 is 15.0 Å². The topological polar surface area (TPSA) is 60.8 Å². The fraction of sp³-hybridized carbons (Fsp3) is 0.917. The molecule has 1 aliphatic heterocycles. The Morgan fingerprint density at radius 3 is 2.50 bits per heavy atom. The number of carbonyl (C=O) groups is 1. The van der Waals surface area contributed by atoms with E-state index in [1.807, 2.05) is 27.7 Å². The highest BCUT2D eigenvalue weighted by atomic mass is 16.4. The molecule has 0 saturated carbocycles. The second-order valence-corrected chi connectivity index (χ2v) is 5.46. The molecule has 4 heteroatoms. The van der Waals surface area contributed by atoms with Crippen molar-refractivity contribution in [1.82, 2.24) is 4.90 Å². The van der Waals surface area contributed by atoms with Gasteiger partial charge in [0.1, 0.15) is 0 Å². The van der Waals surface area contributed by atoms with Crippen LogP contribution in [0, 0.1) is 11.8 Å². The Labute approximate surface area is 97.3 Å². The Balaban J connectivity index is 2.61. The molecule has 16 heavy (non-hydrogen) atoms. The molecule has 4 nitrogen and oxygen atoms in total. The Morgan fingerprint density at radius 2 is 2.12 bits per heavy atom. The van der Waals surface area contributed by atoms with Crippen LogP contribution in [0.1, 0.15) is 34.1 Å². The largest absolute Gasteiger partial charge is 0.481 e. The first-order valence-corrected chi connectivity index (χ1v) is 5.95. The van der Waals surface area contributed by atoms with Crippen molar-refractivity contribution in [1.29, 1.82) is 0 Å². The first-order chi connectivity index (χ1) is 7.25. The molecule has 1 heterocycles. The predicted octanol–water partition coefficient (Wildman–Crippen LogP) is 1.19. The number of hydrogen-bond donors (Lipinski definition) is 2. The molecule has 3 unspecified atom stereocenters. The molecule has 0 amide bonds. The van der Waals surface area contributed by atoms with E-state index in [0.29, 0.717) is 13.0 Å². The summed E-state index contributed by atoms with van der Waals surface area (Å²) in [6.07, 6.45) is 0.685. The number of likely N-dealkylation sites (tertiary alicyclic amines) is 1. The number of hydrogen-bond acceptors (Lipinski definition) is 3. The lowest BCUT2D eigenvalue weighted by molar-refractivity contribution is -0.142. The zero-order chi connectivity index (χ0) is 12.5. The molecule has 0 aromatic carbocycles. The van der Waals surface area contributed by atoms with Crippen LogP contribution >= 0.6 is 0 Å². The Hall–Kier alpha value is -0.610. The standard InChI is InChI=1S/C12H23NO3/c1-8(2)12(4,16)7-13-6-5-10(9(13)3)11(14)15/h8-10,16H,5-7H2,1-4H3,(H,14,15). The minimum atomic E-state index is -0.748. The van der Waals surface area contributed by atoms with E-state index in [4.69, 9.17) is 5.11 Å². The highest BCUT2D eigenvalue weighted by molar-refractivity contribution is 5.71. The van der Waals surface area contributed by atoms with Crippen molar-refractivity contribution in [2.24, 2.45) is 11.8 Å². The number of β-amino-alcohol motifs (C(OH)–C–C–N with tert-alkyl or cyclic N) is 1. The molecule has 2 N–H and O–H groups in total. The van der Waals surface area contributed by atoms with Crippen LogP contribution in [0.2, 0.25) is 0 Å². The molecular weight excluding hydrogens is 206 g/mol. The first kappa shape index (κ1) is 13.5. The maximum Gasteiger partial charge on any atom is 0.308 e. The molecule has 3 atom stereocenters. The fourth-order valence-electron chi connectivity index (χ4n) is 2.15. The summed E-state index contributed by atoms with van der Waals surface area (Å²) in [5.74, 6) is -0.842. The Morgan fingerprint density at radius 1 is 1.56 bits per heavy atom. The smallest absolute Gasteiger partial charge is 0.308 e. The van der Waals surface area contributed by atoms with Crippen LogP contribution in [-0.2, 0) is 4.79 Å². The molecule has 0 aliphatic carbocycles. The predicted molar refractivity (Wildman–Crippen MR) is 62.2 cm³/mol. The highest BCUT2D eigenvalue weighted by Gasteiger charge is 2.39. The van der Waals surface area contributed by atoms with Gasteiger partial charge in [0.15, 0.2) is 0 Å². The van der Waals surface area contributed by atoms with Crippen molar-refractivity contribution in [2.45, 2.75) is 45.8 Å². The summed E-state index contributed by atoms with van der Waals surface area (Å²) in [5, 5.41) is 19.2. The third kappa shape index (κ3) is 2.74. The van der Waals surface area contributed by atoms with Gasteiger partial charge in [-0.2, -0.15) is 0 Å². The van der Waals surface area contributed by atoms with Gasteiger partial charge < -0.3 is 10.2 Å². The summed E-state index contributed by atoms with van der Waals surface area (Å²) >= 11 is 0. The number of carboxylic acids is 1. The maximum absolute atomic E-state index is 11.0.